The average molecular weight is 714 g/mol. The van der Waals surface area contributed by atoms with Gasteiger partial charge in [-0.3, -0.25) is 14.7 Å². The Hall–Kier alpha value is -3.76. The van der Waals surface area contributed by atoms with E-state index in [9.17, 15) is 4.79 Å². The predicted octanol–water partition coefficient (Wildman–Crippen LogP) is 5.53. The number of fused-ring (bicyclic) bond motifs is 2. The molecule has 0 saturated carbocycles. The number of carbonyl (C=O) groups is 1. The summed E-state index contributed by atoms with van der Waals surface area (Å²) in [5.41, 5.74) is 0.918. The van der Waals surface area contributed by atoms with Crippen LogP contribution >= 0.6 is 8.53 Å². The molecule has 4 aromatic rings. The first kappa shape index (κ1) is 34.7. The van der Waals surface area contributed by atoms with Crippen LogP contribution in [0.2, 0.25) is 12.6 Å². The number of nitriles is 1. The van der Waals surface area contributed by atoms with E-state index in [0.29, 0.717) is 23.6 Å². The van der Waals surface area contributed by atoms with Crippen molar-refractivity contribution in [1.82, 2.24) is 24.2 Å². The summed E-state index contributed by atoms with van der Waals surface area (Å²) in [6.07, 6.45) is 5.09. The van der Waals surface area contributed by atoms with Crippen molar-refractivity contribution in [3.8, 4) is 11.9 Å². The first-order chi connectivity index (χ1) is 24.4. The first-order valence-electron chi connectivity index (χ1n) is 17.6. The highest BCUT2D eigenvalue weighted by atomic mass is 31.2. The molecule has 2 aromatic carbocycles. The molecule has 0 radical (unpaired) electrons. The van der Waals surface area contributed by atoms with Gasteiger partial charge in [0.2, 0.25) is 17.7 Å². The van der Waals surface area contributed by atoms with Gasteiger partial charge in [-0.15, -0.1) is 0 Å². The van der Waals surface area contributed by atoms with Crippen LogP contribution in [0.15, 0.2) is 67.0 Å². The van der Waals surface area contributed by atoms with E-state index in [0.717, 1.165) is 31.9 Å². The van der Waals surface area contributed by atoms with Gasteiger partial charge in [-0.25, -0.2) is 9.65 Å². The van der Waals surface area contributed by atoms with Crippen molar-refractivity contribution in [2.24, 2.45) is 0 Å². The van der Waals surface area contributed by atoms with Crippen LogP contribution in [0.5, 0.6) is 5.88 Å². The van der Waals surface area contributed by atoms with Crippen molar-refractivity contribution in [1.29, 1.82) is 5.26 Å². The van der Waals surface area contributed by atoms with Gasteiger partial charge >= 0.3 is 0 Å². The minimum Gasteiger partial charge on any atom is -0.475 e. The van der Waals surface area contributed by atoms with Gasteiger partial charge in [-0.05, 0) is 25.3 Å². The van der Waals surface area contributed by atoms with Crippen LogP contribution < -0.4 is 20.4 Å². The number of carbonyl (C=O) groups excluding carboxylic acids is 1. The lowest BCUT2D eigenvalue weighted by Crippen LogP contribution is -2.58. The number of benzene rings is 2. The van der Waals surface area contributed by atoms with E-state index in [2.05, 4.69) is 105 Å². The molecule has 0 spiro atoms. The minimum atomic E-state index is -2.12. The maximum atomic E-state index is 12.2. The van der Waals surface area contributed by atoms with Gasteiger partial charge in [-0.1, -0.05) is 91.4 Å². The van der Waals surface area contributed by atoms with E-state index < -0.39 is 22.8 Å². The number of imidazole rings is 1. The zero-order valence-electron chi connectivity index (χ0n) is 28.8. The highest BCUT2D eigenvalue weighted by Crippen LogP contribution is 2.59. The monoisotopic (exact) mass is 713 g/mol. The second-order valence-electron chi connectivity index (χ2n) is 13.3. The zero-order valence-corrected chi connectivity index (χ0v) is 30.7. The van der Waals surface area contributed by atoms with E-state index in [1.807, 2.05) is 4.57 Å². The molecule has 5 heterocycles. The molecule has 0 aliphatic carbocycles. The molecule has 262 valence electrons. The van der Waals surface area contributed by atoms with Gasteiger partial charge in [-0.2, -0.15) is 15.2 Å². The van der Waals surface area contributed by atoms with Crippen LogP contribution in [0.25, 0.3) is 11.2 Å². The van der Waals surface area contributed by atoms with Gasteiger partial charge in [0.1, 0.15) is 20.9 Å². The van der Waals surface area contributed by atoms with Crippen molar-refractivity contribution >= 4 is 50.0 Å². The highest BCUT2D eigenvalue weighted by Gasteiger charge is 2.51. The highest BCUT2D eigenvalue weighted by molar-refractivity contribution is 7.45. The van der Waals surface area contributed by atoms with Gasteiger partial charge < -0.3 is 18.5 Å². The number of rotatable bonds is 13. The summed E-state index contributed by atoms with van der Waals surface area (Å²) in [7, 11) is -3.39. The molecular weight excluding hydrogens is 670 g/mol. The summed E-state index contributed by atoms with van der Waals surface area (Å²) >= 11 is 0. The van der Waals surface area contributed by atoms with Gasteiger partial charge in [0, 0.05) is 25.4 Å². The minimum absolute atomic E-state index is 0.0874. The third kappa shape index (κ3) is 6.93. The third-order valence-electron chi connectivity index (χ3n) is 10.1. The Bertz CT molecular complexity index is 1790. The molecule has 1 amide bonds. The third-order valence-corrected chi connectivity index (χ3v) is 16.4. The van der Waals surface area contributed by atoms with Gasteiger partial charge in [0.25, 0.3) is 8.53 Å². The SMILES string of the molecule is CCC(=O)Nc1nc(OCCC#N)c2ncn([C@H]3CC(O[P@@]4O[C@H](C[Si](C)(c5ccccc5)c5ccccc5)[C@@H]5CCCN54)[C@@H](CC)O3)c2n1. The van der Waals surface area contributed by atoms with Crippen LogP contribution in [-0.2, 0) is 18.6 Å². The normalized spacial score (nSPS) is 25.1. The number of ether oxygens (including phenoxy) is 2. The Balaban J connectivity index is 1.11. The number of hydrogen-bond acceptors (Lipinski definition) is 10. The molecule has 3 aliphatic rings. The summed E-state index contributed by atoms with van der Waals surface area (Å²) in [5, 5.41) is 14.6. The molecule has 2 aromatic heterocycles. The Kier molecular flexibility index (Phi) is 10.6. The van der Waals surface area contributed by atoms with Crippen LogP contribution in [0.3, 0.4) is 0 Å². The molecule has 6 atom stereocenters. The molecule has 3 aliphatic heterocycles. The molecule has 14 heteroatoms. The van der Waals surface area contributed by atoms with Crippen molar-refractivity contribution in [3.05, 3.63) is 67.0 Å². The van der Waals surface area contributed by atoms with Crippen LogP contribution in [-0.4, -0.2) is 75.7 Å². The number of aromatic nitrogens is 4. The lowest BCUT2D eigenvalue weighted by atomic mass is 10.1. The van der Waals surface area contributed by atoms with E-state index >= 15 is 0 Å². The maximum Gasteiger partial charge on any atom is 0.259 e. The van der Waals surface area contributed by atoms with E-state index in [-0.39, 0.29) is 55.5 Å². The summed E-state index contributed by atoms with van der Waals surface area (Å²) in [4.78, 5) is 25.8. The quantitative estimate of drug-likeness (QED) is 0.107. The Labute approximate surface area is 295 Å². The molecule has 50 heavy (non-hydrogen) atoms. The molecular formula is C36H44N7O5PSi. The summed E-state index contributed by atoms with van der Waals surface area (Å²) in [6.45, 7) is 7.46. The van der Waals surface area contributed by atoms with E-state index in [1.165, 1.54) is 10.4 Å². The molecule has 0 bridgehead atoms. The predicted molar refractivity (Wildman–Crippen MR) is 194 cm³/mol. The molecule has 1 unspecified atom stereocenters. The fraction of sp³-hybridized carbons (Fsp3) is 0.472. The summed E-state index contributed by atoms with van der Waals surface area (Å²) in [5.74, 6) is 0.109. The largest absolute Gasteiger partial charge is 0.475 e. The van der Waals surface area contributed by atoms with Crippen molar-refractivity contribution in [2.75, 3.05) is 18.5 Å². The number of amides is 1. The van der Waals surface area contributed by atoms with Crippen molar-refractivity contribution in [2.45, 2.75) is 95.5 Å². The molecule has 3 fully saturated rings. The van der Waals surface area contributed by atoms with Crippen LogP contribution in [0, 0.1) is 11.3 Å². The molecule has 7 rings (SSSR count). The van der Waals surface area contributed by atoms with Crippen molar-refractivity contribution < 1.29 is 23.3 Å². The van der Waals surface area contributed by atoms with Crippen molar-refractivity contribution in [3.63, 3.8) is 0 Å². The van der Waals surface area contributed by atoms with Gasteiger partial charge in [0.05, 0.1) is 37.1 Å². The lowest BCUT2D eigenvalue weighted by molar-refractivity contribution is -0.115. The smallest absolute Gasteiger partial charge is 0.259 e. The van der Waals surface area contributed by atoms with E-state index in [1.54, 1.807) is 13.3 Å². The second-order valence-corrected chi connectivity index (χ2v) is 18.9. The number of hydrogen-bond donors (Lipinski definition) is 1. The fourth-order valence-corrected chi connectivity index (χ4v) is 13.4. The molecule has 3 saturated heterocycles. The Morgan fingerprint density at radius 1 is 1.10 bits per heavy atom. The fourth-order valence-electron chi connectivity index (χ4n) is 7.40. The zero-order chi connectivity index (χ0) is 34.7. The topological polar surface area (TPSA) is 137 Å². The number of nitrogens with one attached hydrogen (secondary N) is 1. The summed E-state index contributed by atoms with van der Waals surface area (Å²) in [6, 6.07) is 25.3. The Morgan fingerprint density at radius 2 is 1.84 bits per heavy atom. The molecule has 12 nitrogen and oxygen atoms in total. The molecule has 1 N–H and O–H groups in total. The maximum absolute atomic E-state index is 12.2. The average Bonchev–Trinajstić information content (AvgIpc) is 3.94. The second kappa shape index (κ2) is 15.2. The first-order valence-corrected chi connectivity index (χ1v) is 21.5. The standard InChI is InChI=1S/C36H44N7O5PSi/c1-4-28-29(22-32(46-28)42-24-38-33-34(42)40-36(39-31(44)5-2)41-35(33)45-21-13-19-37)47-49-43-20-12-18-27(43)30(48-49)23-50(3,25-14-8-6-9-15-25)26-16-10-7-11-17-26/h6-11,14-17,24,27-30,32H,4-5,12-13,18,20-23H2,1-3H3,(H,39,40,41,44)/t27-,28+,29?,30+,32+,49-/m0/s1. The Morgan fingerprint density at radius 3 is 2.52 bits per heavy atom. The lowest BCUT2D eigenvalue weighted by Gasteiger charge is -2.32. The van der Waals surface area contributed by atoms with Crippen LogP contribution in [0.4, 0.5) is 5.95 Å². The van der Waals surface area contributed by atoms with E-state index in [4.69, 9.17) is 23.8 Å². The summed E-state index contributed by atoms with van der Waals surface area (Å²) < 4.78 is 30.7. The number of nitrogens with zero attached hydrogens (tertiary/aromatic N) is 6. The van der Waals surface area contributed by atoms with Crippen LogP contribution in [0.1, 0.15) is 58.6 Å². The van der Waals surface area contributed by atoms with Gasteiger partial charge in [0.15, 0.2) is 11.2 Å². The number of anilines is 1.